The van der Waals surface area contributed by atoms with E-state index in [0.717, 1.165) is 32.0 Å². The Balaban J connectivity index is 2.39. The summed E-state index contributed by atoms with van der Waals surface area (Å²) in [5.41, 5.74) is 0.588. The monoisotopic (exact) mass is 405 g/mol. The molecule has 7 nitrogen and oxygen atoms in total. The van der Waals surface area contributed by atoms with Gasteiger partial charge in [0.1, 0.15) is 5.75 Å². The number of nitrogens with one attached hydrogen (secondary N) is 3. The molecule has 29 heavy (non-hydrogen) atoms. The maximum absolute atomic E-state index is 12.2. The first-order valence-electron chi connectivity index (χ1n) is 10.6. The molecular weight excluding hydrogens is 366 g/mol. The third-order valence-electron chi connectivity index (χ3n) is 4.55. The molecule has 0 heterocycles. The van der Waals surface area contributed by atoms with Gasteiger partial charge in [-0.25, -0.2) is 0 Å². The van der Waals surface area contributed by atoms with Gasteiger partial charge in [0.15, 0.2) is 5.96 Å². The fourth-order valence-electron chi connectivity index (χ4n) is 3.12. The van der Waals surface area contributed by atoms with Crippen LogP contribution in [0.25, 0.3) is 0 Å². The first-order valence-corrected chi connectivity index (χ1v) is 10.6. The zero-order chi connectivity index (χ0) is 21.6. The highest BCUT2D eigenvalue weighted by Crippen LogP contribution is 2.12. The topological polar surface area (TPSA) is 78.0 Å². The minimum Gasteiger partial charge on any atom is -0.497 e. The molecule has 0 aliphatic heterocycles. The molecule has 1 amide bonds. The lowest BCUT2D eigenvalue weighted by molar-refractivity contribution is 0.0954. The van der Waals surface area contributed by atoms with Gasteiger partial charge in [0.2, 0.25) is 0 Å². The van der Waals surface area contributed by atoms with Crippen molar-refractivity contribution in [1.29, 1.82) is 0 Å². The molecule has 0 bridgehead atoms. The first-order chi connectivity index (χ1) is 13.9. The predicted molar refractivity (Wildman–Crippen MR) is 121 cm³/mol. The number of benzene rings is 1. The van der Waals surface area contributed by atoms with Crippen LogP contribution in [0.1, 0.15) is 51.4 Å². The lowest BCUT2D eigenvalue weighted by Gasteiger charge is -2.30. The van der Waals surface area contributed by atoms with Gasteiger partial charge in [-0.15, -0.1) is 0 Å². The molecule has 0 aromatic heterocycles. The Kier molecular flexibility index (Phi) is 11.8. The van der Waals surface area contributed by atoms with E-state index in [1.807, 2.05) is 19.1 Å². The molecule has 1 aromatic rings. The highest BCUT2D eigenvalue weighted by Gasteiger charge is 2.12. The largest absolute Gasteiger partial charge is 0.497 e. The van der Waals surface area contributed by atoms with Crippen LogP contribution in [0.4, 0.5) is 0 Å². The van der Waals surface area contributed by atoms with E-state index in [-0.39, 0.29) is 5.91 Å². The van der Waals surface area contributed by atoms with Crippen molar-refractivity contribution in [2.75, 3.05) is 39.8 Å². The van der Waals surface area contributed by atoms with Crippen molar-refractivity contribution < 1.29 is 9.53 Å². The van der Waals surface area contributed by atoms with Gasteiger partial charge < -0.3 is 20.7 Å². The minimum atomic E-state index is -0.116. The van der Waals surface area contributed by atoms with Crippen molar-refractivity contribution in [1.82, 2.24) is 20.9 Å². The second kappa shape index (κ2) is 13.8. The van der Waals surface area contributed by atoms with Crippen LogP contribution in [0.5, 0.6) is 5.75 Å². The molecule has 0 aliphatic carbocycles. The van der Waals surface area contributed by atoms with Crippen LogP contribution in [0, 0.1) is 0 Å². The predicted octanol–water partition coefficient (Wildman–Crippen LogP) is 2.49. The molecule has 164 valence electrons. The van der Waals surface area contributed by atoms with Crippen molar-refractivity contribution >= 4 is 11.9 Å². The van der Waals surface area contributed by atoms with Gasteiger partial charge in [0, 0.05) is 50.4 Å². The number of amides is 1. The molecule has 0 unspecified atom stereocenters. The standard InChI is InChI=1S/C22H39N5O2/c1-7-23-22(25-12-9-15-27(17(2)3)18(4)5)26-14-13-24-21(28)19-10-8-11-20(16-19)29-6/h8,10-11,16-18H,7,9,12-15H2,1-6H3,(H,24,28)(H2,23,25,26). The molecule has 0 radical (unpaired) electrons. The number of hydrogen-bond acceptors (Lipinski definition) is 4. The van der Waals surface area contributed by atoms with E-state index in [1.54, 1.807) is 19.2 Å². The summed E-state index contributed by atoms with van der Waals surface area (Å²) in [5, 5.41) is 9.43. The number of carbonyl (C=O) groups is 1. The Labute approximate surface area is 176 Å². The zero-order valence-corrected chi connectivity index (χ0v) is 18.9. The zero-order valence-electron chi connectivity index (χ0n) is 18.9. The van der Waals surface area contributed by atoms with E-state index in [9.17, 15) is 4.79 Å². The van der Waals surface area contributed by atoms with E-state index in [2.05, 4.69) is 53.5 Å². The molecule has 0 fully saturated rings. The molecule has 0 aliphatic rings. The normalized spacial score (nSPS) is 11.8. The summed E-state index contributed by atoms with van der Waals surface area (Å²) in [6.07, 6.45) is 1.01. The van der Waals surface area contributed by atoms with Crippen molar-refractivity contribution in [3.63, 3.8) is 0 Å². The van der Waals surface area contributed by atoms with Crippen LogP contribution in [0.2, 0.25) is 0 Å². The van der Waals surface area contributed by atoms with E-state index in [1.165, 1.54) is 0 Å². The minimum absolute atomic E-state index is 0.116. The Morgan fingerprint density at radius 1 is 1.10 bits per heavy atom. The quantitative estimate of drug-likeness (QED) is 0.283. The van der Waals surface area contributed by atoms with Gasteiger partial charge in [0.05, 0.1) is 7.11 Å². The summed E-state index contributed by atoms with van der Waals surface area (Å²) in [6, 6.07) is 8.21. The summed E-state index contributed by atoms with van der Waals surface area (Å²) < 4.78 is 5.16. The molecule has 1 rings (SSSR count). The Bertz CT molecular complexity index is 623. The van der Waals surface area contributed by atoms with Gasteiger partial charge in [-0.1, -0.05) is 6.07 Å². The summed E-state index contributed by atoms with van der Waals surface area (Å²) in [6.45, 7) is 14.7. The average Bonchev–Trinajstić information content (AvgIpc) is 2.70. The van der Waals surface area contributed by atoms with Gasteiger partial charge >= 0.3 is 0 Å². The third kappa shape index (κ3) is 9.65. The fourth-order valence-corrected chi connectivity index (χ4v) is 3.12. The Hall–Kier alpha value is -2.28. The molecule has 7 heteroatoms. The van der Waals surface area contributed by atoms with Crippen molar-refractivity contribution in [2.45, 2.75) is 53.1 Å². The van der Waals surface area contributed by atoms with E-state index in [4.69, 9.17) is 4.74 Å². The number of nitrogens with zero attached hydrogens (tertiary/aromatic N) is 2. The van der Waals surface area contributed by atoms with Gasteiger partial charge in [-0.2, -0.15) is 0 Å². The third-order valence-corrected chi connectivity index (χ3v) is 4.55. The highest BCUT2D eigenvalue weighted by molar-refractivity contribution is 5.94. The van der Waals surface area contributed by atoms with Crippen LogP contribution < -0.4 is 20.7 Å². The van der Waals surface area contributed by atoms with Gasteiger partial charge in [0.25, 0.3) is 5.91 Å². The van der Waals surface area contributed by atoms with E-state index in [0.29, 0.717) is 36.5 Å². The fraction of sp³-hybridized carbons (Fsp3) is 0.636. The van der Waals surface area contributed by atoms with Gasteiger partial charge in [-0.3, -0.25) is 14.7 Å². The molecule has 3 N–H and O–H groups in total. The molecule has 0 saturated carbocycles. The van der Waals surface area contributed by atoms with Crippen LogP contribution >= 0.6 is 0 Å². The smallest absolute Gasteiger partial charge is 0.251 e. The number of methoxy groups -OCH3 is 1. The number of hydrogen-bond donors (Lipinski definition) is 3. The Morgan fingerprint density at radius 2 is 1.79 bits per heavy atom. The second-order valence-corrected chi connectivity index (χ2v) is 7.45. The van der Waals surface area contributed by atoms with Crippen LogP contribution in [-0.2, 0) is 0 Å². The van der Waals surface area contributed by atoms with Crippen molar-refractivity contribution in [3.05, 3.63) is 29.8 Å². The first kappa shape index (κ1) is 24.8. The molecular formula is C22H39N5O2. The lowest BCUT2D eigenvalue weighted by Crippen LogP contribution is -2.42. The maximum Gasteiger partial charge on any atom is 0.251 e. The number of carbonyl (C=O) groups excluding carboxylic acids is 1. The molecule has 0 atom stereocenters. The maximum atomic E-state index is 12.2. The Morgan fingerprint density at radius 3 is 2.41 bits per heavy atom. The summed E-state index contributed by atoms with van der Waals surface area (Å²) in [4.78, 5) is 19.3. The van der Waals surface area contributed by atoms with E-state index < -0.39 is 0 Å². The lowest BCUT2D eigenvalue weighted by atomic mass is 10.2. The van der Waals surface area contributed by atoms with Crippen LogP contribution in [-0.4, -0.2) is 68.7 Å². The molecule has 0 spiro atoms. The van der Waals surface area contributed by atoms with Crippen molar-refractivity contribution in [3.8, 4) is 5.75 Å². The van der Waals surface area contributed by atoms with Gasteiger partial charge in [-0.05, 0) is 59.2 Å². The SMILES string of the molecule is CCNC(=NCCCN(C(C)C)C(C)C)NCCNC(=O)c1cccc(OC)c1. The van der Waals surface area contributed by atoms with E-state index >= 15 is 0 Å². The number of ether oxygens (including phenoxy) is 1. The summed E-state index contributed by atoms with van der Waals surface area (Å²) in [5.74, 6) is 1.34. The summed E-state index contributed by atoms with van der Waals surface area (Å²) >= 11 is 0. The average molecular weight is 406 g/mol. The second-order valence-electron chi connectivity index (χ2n) is 7.45. The molecule has 1 aromatic carbocycles. The number of rotatable bonds is 12. The van der Waals surface area contributed by atoms with Crippen LogP contribution in [0.15, 0.2) is 29.3 Å². The van der Waals surface area contributed by atoms with Crippen LogP contribution in [0.3, 0.4) is 0 Å². The number of aliphatic imine (C=N–C) groups is 1. The highest BCUT2D eigenvalue weighted by atomic mass is 16.5. The number of guanidine groups is 1. The molecule has 0 saturated heterocycles. The summed E-state index contributed by atoms with van der Waals surface area (Å²) in [7, 11) is 1.59. The van der Waals surface area contributed by atoms with Crippen molar-refractivity contribution in [2.24, 2.45) is 4.99 Å².